The molecule has 30 heavy (non-hydrogen) atoms. The molecule has 1 aliphatic carbocycles. The van der Waals surface area contributed by atoms with E-state index in [1.807, 2.05) is 11.9 Å². The SMILES string of the molecule is CC(C)CN(C)c1nc(N)c(C(=O)NC2CCCCC2)nc1Cl.O=C(O)C(F)(F)F. The summed E-state index contributed by atoms with van der Waals surface area (Å²) in [7, 11) is 1.89. The van der Waals surface area contributed by atoms with Crippen LogP contribution in [0.25, 0.3) is 0 Å². The second-order valence-electron chi connectivity index (χ2n) is 7.46. The fourth-order valence-corrected chi connectivity index (χ4v) is 3.23. The summed E-state index contributed by atoms with van der Waals surface area (Å²) < 4.78 is 31.7. The molecule has 1 amide bonds. The van der Waals surface area contributed by atoms with Crippen LogP contribution < -0.4 is 16.0 Å². The smallest absolute Gasteiger partial charge is 0.475 e. The lowest BCUT2D eigenvalue weighted by Gasteiger charge is -2.24. The van der Waals surface area contributed by atoms with Crippen molar-refractivity contribution in [3.05, 3.63) is 10.8 Å². The second-order valence-corrected chi connectivity index (χ2v) is 7.82. The van der Waals surface area contributed by atoms with E-state index in [9.17, 15) is 18.0 Å². The van der Waals surface area contributed by atoms with Gasteiger partial charge in [-0.25, -0.2) is 14.8 Å². The zero-order valence-corrected chi connectivity index (χ0v) is 17.8. The molecule has 2 rings (SSSR count). The summed E-state index contributed by atoms with van der Waals surface area (Å²) in [5.74, 6) is -1.97. The minimum Gasteiger partial charge on any atom is -0.475 e. The van der Waals surface area contributed by atoms with Crippen molar-refractivity contribution in [1.82, 2.24) is 15.3 Å². The molecule has 1 heterocycles. The van der Waals surface area contributed by atoms with Crippen molar-refractivity contribution >= 4 is 35.1 Å². The number of nitrogens with one attached hydrogen (secondary N) is 1. The third-order valence-corrected chi connectivity index (χ3v) is 4.52. The minimum absolute atomic E-state index is 0.113. The number of alkyl halides is 3. The molecule has 0 aliphatic heterocycles. The Kier molecular flexibility index (Phi) is 9.60. The van der Waals surface area contributed by atoms with Crippen molar-refractivity contribution in [3.8, 4) is 0 Å². The van der Waals surface area contributed by atoms with E-state index in [1.165, 1.54) is 6.42 Å². The Balaban J connectivity index is 0.000000553. The molecule has 0 radical (unpaired) electrons. The monoisotopic (exact) mass is 453 g/mol. The molecule has 4 N–H and O–H groups in total. The Labute approximate surface area is 178 Å². The van der Waals surface area contributed by atoms with E-state index in [0.29, 0.717) is 11.7 Å². The van der Waals surface area contributed by atoms with Crippen molar-refractivity contribution in [3.63, 3.8) is 0 Å². The van der Waals surface area contributed by atoms with Gasteiger partial charge >= 0.3 is 12.1 Å². The highest BCUT2D eigenvalue weighted by atomic mass is 35.5. The third-order valence-electron chi connectivity index (χ3n) is 4.26. The number of aromatic nitrogens is 2. The maximum absolute atomic E-state index is 12.4. The number of amides is 1. The number of nitrogens with zero attached hydrogens (tertiary/aromatic N) is 3. The Hall–Kier alpha value is -2.30. The number of halogens is 4. The van der Waals surface area contributed by atoms with Crippen LogP contribution in [-0.2, 0) is 4.79 Å². The van der Waals surface area contributed by atoms with Gasteiger partial charge in [-0.3, -0.25) is 4.79 Å². The average molecular weight is 454 g/mol. The standard InChI is InChI=1S/C16H26ClN5O.C2HF3O2/c1-10(2)9-22(3)15-13(17)20-12(14(18)21-15)16(23)19-11-7-5-4-6-8-11;3-2(4,5)1(6)7/h10-11H,4-9H2,1-3H3,(H2,18,21)(H,19,23);(H,6,7). The number of hydrogen-bond donors (Lipinski definition) is 3. The van der Waals surface area contributed by atoms with E-state index in [1.54, 1.807) is 0 Å². The number of carbonyl (C=O) groups excluding carboxylic acids is 1. The maximum Gasteiger partial charge on any atom is 0.490 e. The number of nitrogen functional groups attached to an aromatic ring is 1. The zero-order chi connectivity index (χ0) is 23.1. The molecule has 0 unspecified atom stereocenters. The van der Waals surface area contributed by atoms with Gasteiger partial charge in [-0.2, -0.15) is 13.2 Å². The van der Waals surface area contributed by atoms with Crippen molar-refractivity contribution in [1.29, 1.82) is 0 Å². The summed E-state index contributed by atoms with van der Waals surface area (Å²) >= 11 is 6.22. The van der Waals surface area contributed by atoms with E-state index >= 15 is 0 Å². The van der Waals surface area contributed by atoms with Gasteiger partial charge < -0.3 is 21.1 Å². The first-order chi connectivity index (χ1) is 13.8. The van der Waals surface area contributed by atoms with E-state index in [4.69, 9.17) is 27.2 Å². The highest BCUT2D eigenvalue weighted by Crippen LogP contribution is 2.25. The van der Waals surface area contributed by atoms with Crippen LogP contribution in [0, 0.1) is 5.92 Å². The van der Waals surface area contributed by atoms with Crippen LogP contribution in [0.3, 0.4) is 0 Å². The van der Waals surface area contributed by atoms with Gasteiger partial charge in [0.2, 0.25) is 0 Å². The van der Waals surface area contributed by atoms with Gasteiger partial charge in [-0.15, -0.1) is 0 Å². The molecular weight excluding hydrogens is 427 g/mol. The zero-order valence-electron chi connectivity index (χ0n) is 17.1. The number of aliphatic carboxylic acids is 1. The second kappa shape index (κ2) is 11.2. The molecule has 8 nitrogen and oxygen atoms in total. The molecule has 0 spiro atoms. The summed E-state index contributed by atoms with van der Waals surface area (Å²) in [6.07, 6.45) is 0.443. The fourth-order valence-electron chi connectivity index (χ4n) is 2.96. The first-order valence-corrected chi connectivity index (χ1v) is 9.85. The van der Waals surface area contributed by atoms with Crippen molar-refractivity contribution in [2.24, 2.45) is 5.92 Å². The number of carboxylic acids is 1. The van der Waals surface area contributed by atoms with Gasteiger partial charge in [0.1, 0.15) is 0 Å². The fraction of sp³-hybridized carbons (Fsp3) is 0.667. The van der Waals surface area contributed by atoms with Crippen molar-refractivity contribution in [2.75, 3.05) is 24.2 Å². The average Bonchev–Trinajstić information content (AvgIpc) is 2.63. The van der Waals surface area contributed by atoms with Gasteiger partial charge in [0, 0.05) is 19.6 Å². The Morgan fingerprint density at radius 2 is 1.80 bits per heavy atom. The summed E-state index contributed by atoms with van der Waals surface area (Å²) in [5.41, 5.74) is 6.06. The quantitative estimate of drug-likeness (QED) is 0.623. The van der Waals surface area contributed by atoms with Crippen LogP contribution in [0.5, 0.6) is 0 Å². The molecule has 1 aromatic heterocycles. The lowest BCUT2D eigenvalue weighted by atomic mass is 9.95. The third kappa shape index (κ3) is 8.21. The molecule has 0 atom stereocenters. The summed E-state index contributed by atoms with van der Waals surface area (Å²) in [6.45, 7) is 4.99. The Morgan fingerprint density at radius 3 is 2.27 bits per heavy atom. The van der Waals surface area contributed by atoms with Gasteiger partial charge in [0.05, 0.1) is 0 Å². The number of hydrogen-bond acceptors (Lipinski definition) is 6. The molecule has 1 aliphatic rings. The van der Waals surface area contributed by atoms with Crippen LogP contribution in [-0.4, -0.2) is 52.8 Å². The predicted octanol–water partition coefficient (Wildman–Crippen LogP) is 3.50. The van der Waals surface area contributed by atoms with Gasteiger partial charge in [0.15, 0.2) is 22.5 Å². The molecule has 0 bridgehead atoms. The van der Waals surface area contributed by atoms with Gasteiger partial charge in [-0.1, -0.05) is 44.7 Å². The predicted molar refractivity (Wildman–Crippen MR) is 108 cm³/mol. The van der Waals surface area contributed by atoms with Crippen LogP contribution >= 0.6 is 11.6 Å². The Morgan fingerprint density at radius 1 is 1.27 bits per heavy atom. The van der Waals surface area contributed by atoms with Crippen LogP contribution in [0.4, 0.5) is 24.8 Å². The number of carboxylic acid groups (broad SMARTS) is 1. The molecule has 0 aromatic carbocycles. The van der Waals surface area contributed by atoms with E-state index in [2.05, 4.69) is 29.1 Å². The molecule has 12 heteroatoms. The lowest BCUT2D eigenvalue weighted by molar-refractivity contribution is -0.192. The van der Waals surface area contributed by atoms with Crippen molar-refractivity contribution in [2.45, 2.75) is 58.2 Å². The van der Waals surface area contributed by atoms with Crippen LogP contribution in [0.2, 0.25) is 5.15 Å². The van der Waals surface area contributed by atoms with Crippen LogP contribution in [0.1, 0.15) is 56.4 Å². The minimum atomic E-state index is -5.08. The number of anilines is 2. The number of nitrogens with two attached hydrogens (primary N) is 1. The maximum atomic E-state index is 12.4. The summed E-state index contributed by atoms with van der Waals surface area (Å²) in [5, 5.41) is 10.3. The van der Waals surface area contributed by atoms with E-state index < -0.39 is 12.1 Å². The normalized spacial score (nSPS) is 14.7. The highest BCUT2D eigenvalue weighted by Gasteiger charge is 2.38. The molecule has 1 saturated carbocycles. The van der Waals surface area contributed by atoms with Gasteiger partial charge in [0.25, 0.3) is 5.91 Å². The molecular formula is C18H27ClF3N5O3. The lowest BCUT2D eigenvalue weighted by Crippen LogP contribution is -2.37. The Bertz CT molecular complexity index is 741. The van der Waals surface area contributed by atoms with Gasteiger partial charge in [-0.05, 0) is 18.8 Å². The largest absolute Gasteiger partial charge is 0.490 e. The topological polar surface area (TPSA) is 121 Å². The summed E-state index contributed by atoms with van der Waals surface area (Å²) in [4.78, 5) is 31.7. The first kappa shape index (κ1) is 25.7. The molecule has 170 valence electrons. The molecule has 1 fully saturated rings. The summed E-state index contributed by atoms with van der Waals surface area (Å²) in [6, 6.07) is 0.194. The van der Waals surface area contributed by atoms with Crippen molar-refractivity contribution < 1.29 is 27.9 Å². The van der Waals surface area contributed by atoms with E-state index in [0.717, 1.165) is 32.2 Å². The number of carbonyl (C=O) groups is 2. The number of rotatable bonds is 5. The first-order valence-electron chi connectivity index (χ1n) is 9.48. The van der Waals surface area contributed by atoms with E-state index in [-0.39, 0.29) is 28.6 Å². The van der Waals surface area contributed by atoms with Crippen LogP contribution in [0.15, 0.2) is 0 Å². The highest BCUT2D eigenvalue weighted by molar-refractivity contribution is 6.32. The molecule has 0 saturated heterocycles. The molecule has 1 aromatic rings.